The second-order valence-corrected chi connectivity index (χ2v) is 5.75. The molecule has 0 saturated carbocycles. The lowest BCUT2D eigenvalue weighted by Crippen LogP contribution is -2.51. The number of nitrogens with zero attached hydrogens (tertiary/aromatic N) is 1. The Hall–Kier alpha value is -0.570. The van der Waals surface area contributed by atoms with Crippen LogP contribution in [0.4, 0.5) is 0 Å². The Kier molecular flexibility index (Phi) is 4.78. The summed E-state index contributed by atoms with van der Waals surface area (Å²) in [4.78, 5) is 14.1. The van der Waals surface area contributed by atoms with Gasteiger partial charge in [-0.25, -0.2) is 0 Å². The summed E-state index contributed by atoms with van der Waals surface area (Å²) in [5.41, 5.74) is 5.95. The lowest BCUT2D eigenvalue weighted by atomic mass is 9.92. The van der Waals surface area contributed by atoms with Crippen LogP contribution in [0.2, 0.25) is 0 Å². The third-order valence-electron chi connectivity index (χ3n) is 3.46. The van der Waals surface area contributed by atoms with Crippen LogP contribution in [0.1, 0.15) is 47.0 Å². The maximum atomic E-state index is 12.2. The monoisotopic (exact) mass is 226 g/mol. The van der Waals surface area contributed by atoms with Crippen LogP contribution in [0.25, 0.3) is 0 Å². The van der Waals surface area contributed by atoms with Gasteiger partial charge >= 0.3 is 0 Å². The van der Waals surface area contributed by atoms with Crippen molar-refractivity contribution in [2.75, 3.05) is 6.54 Å². The van der Waals surface area contributed by atoms with Gasteiger partial charge in [-0.15, -0.1) is 0 Å². The van der Waals surface area contributed by atoms with Crippen molar-refractivity contribution >= 4 is 5.91 Å². The maximum Gasteiger partial charge on any atom is 0.239 e. The molecule has 3 atom stereocenters. The zero-order valence-electron chi connectivity index (χ0n) is 11.1. The summed E-state index contributed by atoms with van der Waals surface area (Å²) in [6.45, 7) is 9.48. The molecule has 1 aliphatic heterocycles. The van der Waals surface area contributed by atoms with Crippen LogP contribution in [0.5, 0.6) is 0 Å². The Morgan fingerprint density at radius 1 is 1.44 bits per heavy atom. The fraction of sp³-hybridized carbons (Fsp3) is 0.923. The average molecular weight is 226 g/mol. The molecular weight excluding hydrogens is 200 g/mol. The van der Waals surface area contributed by atoms with Crippen molar-refractivity contribution in [3.63, 3.8) is 0 Å². The van der Waals surface area contributed by atoms with Gasteiger partial charge in [0.25, 0.3) is 0 Å². The van der Waals surface area contributed by atoms with Crippen LogP contribution in [-0.2, 0) is 4.79 Å². The molecule has 0 radical (unpaired) electrons. The zero-order chi connectivity index (χ0) is 12.3. The van der Waals surface area contributed by atoms with Gasteiger partial charge in [-0.2, -0.15) is 0 Å². The molecule has 16 heavy (non-hydrogen) atoms. The van der Waals surface area contributed by atoms with Gasteiger partial charge in [0, 0.05) is 12.6 Å². The number of amides is 1. The Bertz CT molecular complexity index is 240. The Labute approximate surface area is 99.4 Å². The fourth-order valence-electron chi connectivity index (χ4n) is 2.56. The summed E-state index contributed by atoms with van der Waals surface area (Å²) in [5.74, 6) is 1.37. The van der Waals surface area contributed by atoms with Crippen molar-refractivity contribution in [3.8, 4) is 0 Å². The number of likely N-dealkylation sites (tertiary alicyclic amines) is 1. The molecule has 1 aliphatic rings. The third-order valence-corrected chi connectivity index (χ3v) is 3.46. The maximum absolute atomic E-state index is 12.2. The molecule has 2 N–H and O–H groups in total. The van der Waals surface area contributed by atoms with Crippen molar-refractivity contribution in [2.24, 2.45) is 17.6 Å². The molecule has 0 aromatic rings. The number of hydrogen-bond acceptors (Lipinski definition) is 2. The highest BCUT2D eigenvalue weighted by Crippen LogP contribution is 2.23. The van der Waals surface area contributed by atoms with Gasteiger partial charge < -0.3 is 10.6 Å². The summed E-state index contributed by atoms with van der Waals surface area (Å²) < 4.78 is 0. The number of carbonyl (C=O) groups excluding carboxylic acids is 1. The van der Waals surface area contributed by atoms with E-state index in [9.17, 15) is 4.79 Å². The molecule has 0 aromatic heterocycles. The Balaban J connectivity index is 2.53. The number of rotatable bonds is 3. The molecule has 2 unspecified atom stereocenters. The first-order chi connectivity index (χ1) is 7.41. The number of nitrogens with two attached hydrogens (primary N) is 1. The summed E-state index contributed by atoms with van der Waals surface area (Å²) in [6.07, 6.45) is 3.02. The molecule has 1 amide bonds. The minimum atomic E-state index is -0.309. The molecule has 0 aliphatic carbocycles. The molecule has 3 nitrogen and oxygen atoms in total. The molecule has 1 fully saturated rings. The number of carbonyl (C=O) groups is 1. The quantitative estimate of drug-likeness (QED) is 0.800. The van der Waals surface area contributed by atoms with E-state index in [1.165, 1.54) is 0 Å². The van der Waals surface area contributed by atoms with Crippen LogP contribution >= 0.6 is 0 Å². The molecule has 1 rings (SSSR count). The molecule has 0 aromatic carbocycles. The van der Waals surface area contributed by atoms with Gasteiger partial charge in [-0.1, -0.05) is 20.8 Å². The molecule has 0 spiro atoms. The van der Waals surface area contributed by atoms with Crippen molar-refractivity contribution in [1.82, 2.24) is 4.90 Å². The zero-order valence-corrected chi connectivity index (χ0v) is 11.1. The molecular formula is C13H26N2O. The van der Waals surface area contributed by atoms with Crippen molar-refractivity contribution in [3.05, 3.63) is 0 Å². The normalized spacial score (nSPS) is 28.2. The molecule has 94 valence electrons. The van der Waals surface area contributed by atoms with E-state index >= 15 is 0 Å². The van der Waals surface area contributed by atoms with Crippen molar-refractivity contribution < 1.29 is 4.79 Å². The first kappa shape index (κ1) is 13.5. The Morgan fingerprint density at radius 3 is 2.56 bits per heavy atom. The molecule has 1 saturated heterocycles. The fourth-order valence-corrected chi connectivity index (χ4v) is 2.56. The highest BCUT2D eigenvalue weighted by atomic mass is 16.2. The van der Waals surface area contributed by atoms with Crippen molar-refractivity contribution in [2.45, 2.75) is 59.0 Å². The lowest BCUT2D eigenvalue weighted by Gasteiger charge is -2.38. The first-order valence-electron chi connectivity index (χ1n) is 6.47. The number of hydrogen-bond donors (Lipinski definition) is 1. The summed E-state index contributed by atoms with van der Waals surface area (Å²) in [5, 5.41) is 0. The second kappa shape index (κ2) is 5.67. The predicted molar refractivity (Wildman–Crippen MR) is 67.0 cm³/mol. The van der Waals surface area contributed by atoms with Crippen LogP contribution < -0.4 is 5.73 Å². The van der Waals surface area contributed by atoms with E-state index < -0.39 is 0 Å². The van der Waals surface area contributed by atoms with E-state index in [0.29, 0.717) is 12.0 Å². The van der Waals surface area contributed by atoms with E-state index in [4.69, 9.17) is 5.73 Å². The van der Waals surface area contributed by atoms with E-state index in [1.54, 1.807) is 0 Å². The second-order valence-electron chi connectivity index (χ2n) is 5.75. The van der Waals surface area contributed by atoms with E-state index in [-0.39, 0.29) is 11.9 Å². The van der Waals surface area contributed by atoms with Crippen LogP contribution in [-0.4, -0.2) is 29.4 Å². The van der Waals surface area contributed by atoms with Gasteiger partial charge in [0.1, 0.15) is 0 Å². The SMILES string of the molecule is CC(C)C[C@@H](N)C(=O)N1CCC(C)CC1C. The van der Waals surface area contributed by atoms with Gasteiger partial charge in [-0.05, 0) is 38.0 Å². The first-order valence-corrected chi connectivity index (χ1v) is 6.47. The minimum absolute atomic E-state index is 0.146. The van der Waals surface area contributed by atoms with Crippen molar-refractivity contribution in [1.29, 1.82) is 0 Å². The standard InChI is InChI=1S/C13H26N2O/c1-9(2)7-12(14)13(16)15-6-5-10(3)8-11(15)4/h9-12H,5-8,14H2,1-4H3/t10?,11?,12-/m1/s1. The molecule has 3 heteroatoms. The summed E-state index contributed by atoms with van der Waals surface area (Å²) >= 11 is 0. The van der Waals surface area contributed by atoms with Gasteiger partial charge in [0.15, 0.2) is 0 Å². The highest BCUT2D eigenvalue weighted by Gasteiger charge is 2.29. The summed E-state index contributed by atoms with van der Waals surface area (Å²) in [6, 6.07) is 0.0466. The minimum Gasteiger partial charge on any atom is -0.339 e. The Morgan fingerprint density at radius 2 is 2.06 bits per heavy atom. The molecule has 1 heterocycles. The van der Waals surface area contributed by atoms with Gasteiger partial charge in [-0.3, -0.25) is 4.79 Å². The average Bonchev–Trinajstić information content (AvgIpc) is 2.15. The summed E-state index contributed by atoms with van der Waals surface area (Å²) in [7, 11) is 0. The van der Waals surface area contributed by atoms with Crippen LogP contribution in [0.15, 0.2) is 0 Å². The largest absolute Gasteiger partial charge is 0.339 e. The van der Waals surface area contributed by atoms with Gasteiger partial charge in [0.05, 0.1) is 6.04 Å². The van der Waals surface area contributed by atoms with E-state index in [0.717, 1.165) is 31.7 Å². The van der Waals surface area contributed by atoms with E-state index in [2.05, 4.69) is 27.7 Å². The number of piperidine rings is 1. The topological polar surface area (TPSA) is 46.3 Å². The smallest absolute Gasteiger partial charge is 0.239 e. The van der Waals surface area contributed by atoms with E-state index in [1.807, 2.05) is 4.90 Å². The van der Waals surface area contributed by atoms with Gasteiger partial charge in [0.2, 0.25) is 5.91 Å². The third kappa shape index (κ3) is 3.48. The lowest BCUT2D eigenvalue weighted by molar-refractivity contribution is -0.136. The molecule has 0 bridgehead atoms. The van der Waals surface area contributed by atoms with Crippen LogP contribution in [0.3, 0.4) is 0 Å². The highest BCUT2D eigenvalue weighted by molar-refractivity contribution is 5.82. The van der Waals surface area contributed by atoms with Crippen LogP contribution in [0, 0.1) is 11.8 Å². The predicted octanol–water partition coefficient (Wildman–Crippen LogP) is 2.01.